The second kappa shape index (κ2) is 17.8. The summed E-state index contributed by atoms with van der Waals surface area (Å²) in [6, 6.07) is 85.0. The van der Waals surface area contributed by atoms with E-state index in [4.69, 9.17) is 4.99 Å². The summed E-state index contributed by atoms with van der Waals surface area (Å²) in [5.74, 6) is 0. The largest absolute Gasteiger partial charge is 0.310 e. The molecule has 71 heavy (non-hydrogen) atoms. The summed E-state index contributed by atoms with van der Waals surface area (Å²) in [5, 5.41) is 4.86. The molecule has 1 aliphatic rings. The van der Waals surface area contributed by atoms with E-state index in [0.717, 1.165) is 61.6 Å². The van der Waals surface area contributed by atoms with Crippen molar-refractivity contribution in [3.63, 3.8) is 0 Å². The molecule has 10 aromatic carbocycles. The number of fused-ring (bicyclic) bond motifs is 7. The SMILES string of the molecule is C=CC(=N/C(=C\C(=C)c1ccc(-c2ccccc2)cc1)c1cccc(-n2c3cccc(-c4ccc5c(c4)N(c4ccccc4)c4ccccc4C5(C)C)c3c3c4ccccc4ccc32)c1)c1ccccc1. The lowest BCUT2D eigenvalue weighted by molar-refractivity contribution is 0.632. The van der Waals surface area contributed by atoms with Crippen LogP contribution >= 0.6 is 0 Å². The van der Waals surface area contributed by atoms with Gasteiger partial charge >= 0.3 is 0 Å². The summed E-state index contributed by atoms with van der Waals surface area (Å²) in [6.45, 7) is 13.5. The van der Waals surface area contributed by atoms with E-state index in [-0.39, 0.29) is 5.41 Å². The Morgan fingerprint density at radius 2 is 1.10 bits per heavy atom. The average molecular weight is 910 g/mol. The average Bonchev–Trinajstić information content (AvgIpc) is 3.78. The van der Waals surface area contributed by atoms with Gasteiger partial charge in [0.2, 0.25) is 0 Å². The van der Waals surface area contributed by atoms with Crippen LogP contribution in [0.25, 0.3) is 71.8 Å². The van der Waals surface area contributed by atoms with Crippen LogP contribution in [0.4, 0.5) is 17.1 Å². The number of hydrogen-bond donors (Lipinski definition) is 0. The van der Waals surface area contributed by atoms with Gasteiger partial charge in [-0.05, 0) is 116 Å². The zero-order valence-corrected chi connectivity index (χ0v) is 39.9. The highest BCUT2D eigenvalue weighted by Crippen LogP contribution is 2.53. The lowest BCUT2D eigenvalue weighted by Crippen LogP contribution is -2.30. The van der Waals surface area contributed by atoms with Crippen molar-refractivity contribution in [3.8, 4) is 27.9 Å². The molecule has 1 aliphatic heterocycles. The molecule has 0 N–H and O–H groups in total. The standard InChI is InChI=1S/C68H51N3/c1-5-60(51-24-11-7-12-25-51)69-61(43-46(2)47-35-37-49(38-36-47)48-21-9-6-10-22-48)53-26-19-29-55(44-53)71-63-34-20-31-57(67(63)66-56-30-16-15-23-50(56)40-42-64(66)71)52-39-41-59-65(45-52)70(54-27-13-8-14-28-54)62-33-18-17-32-58(62)68(59,3)4/h5-45H,1-2H2,3-4H3/b61-43-,69-60?. The van der Waals surface area contributed by atoms with Gasteiger partial charge in [0.1, 0.15) is 0 Å². The van der Waals surface area contributed by atoms with Gasteiger partial charge < -0.3 is 9.47 Å². The molecule has 0 spiro atoms. The molecule has 0 unspecified atom stereocenters. The van der Waals surface area contributed by atoms with Gasteiger partial charge in [-0.2, -0.15) is 0 Å². The highest BCUT2D eigenvalue weighted by atomic mass is 15.2. The second-order valence-electron chi connectivity index (χ2n) is 18.9. The molecule has 3 nitrogen and oxygen atoms in total. The Hall–Kier alpha value is -9.05. The first-order valence-electron chi connectivity index (χ1n) is 24.3. The monoisotopic (exact) mass is 909 g/mol. The quantitative estimate of drug-likeness (QED) is 0.0989. The molecule has 338 valence electrons. The van der Waals surface area contributed by atoms with Crippen molar-refractivity contribution in [1.82, 2.24) is 4.57 Å². The molecule has 0 aliphatic carbocycles. The number of hydrogen-bond acceptors (Lipinski definition) is 2. The predicted molar refractivity (Wildman–Crippen MR) is 303 cm³/mol. The first kappa shape index (κ1) is 43.2. The minimum absolute atomic E-state index is 0.205. The van der Waals surface area contributed by atoms with E-state index >= 15 is 0 Å². The third-order valence-corrected chi connectivity index (χ3v) is 14.3. The van der Waals surface area contributed by atoms with Gasteiger partial charge in [0, 0.05) is 38.7 Å². The van der Waals surface area contributed by atoms with E-state index in [9.17, 15) is 0 Å². The van der Waals surface area contributed by atoms with Crippen molar-refractivity contribution in [2.24, 2.45) is 4.99 Å². The molecule has 11 aromatic rings. The van der Waals surface area contributed by atoms with E-state index in [1.165, 1.54) is 60.7 Å². The number of para-hydroxylation sites is 2. The number of allylic oxidation sites excluding steroid dienone is 3. The van der Waals surface area contributed by atoms with E-state index in [0.29, 0.717) is 0 Å². The second-order valence-corrected chi connectivity index (χ2v) is 18.9. The number of nitrogens with zero attached hydrogens (tertiary/aromatic N) is 3. The molecule has 0 saturated carbocycles. The van der Waals surface area contributed by atoms with Gasteiger partial charge in [-0.15, -0.1) is 0 Å². The van der Waals surface area contributed by atoms with Crippen molar-refractivity contribution < 1.29 is 0 Å². The number of rotatable bonds is 10. The van der Waals surface area contributed by atoms with Crippen molar-refractivity contribution in [3.05, 3.63) is 290 Å². The van der Waals surface area contributed by atoms with E-state index in [1.807, 2.05) is 30.3 Å². The van der Waals surface area contributed by atoms with Crippen LogP contribution in [-0.2, 0) is 5.41 Å². The Morgan fingerprint density at radius 1 is 0.479 bits per heavy atom. The normalized spacial score (nSPS) is 13.3. The molecule has 1 aromatic heterocycles. The highest BCUT2D eigenvalue weighted by molar-refractivity contribution is 6.25. The minimum Gasteiger partial charge on any atom is -0.310 e. The minimum atomic E-state index is -0.205. The molecule has 2 heterocycles. The van der Waals surface area contributed by atoms with E-state index in [1.54, 1.807) is 0 Å². The molecular weight excluding hydrogens is 859 g/mol. The maximum absolute atomic E-state index is 5.38. The van der Waals surface area contributed by atoms with Crippen molar-refractivity contribution in [1.29, 1.82) is 0 Å². The maximum Gasteiger partial charge on any atom is 0.0716 e. The molecule has 0 atom stereocenters. The van der Waals surface area contributed by atoms with Gasteiger partial charge in [0.05, 0.1) is 33.8 Å². The smallest absolute Gasteiger partial charge is 0.0716 e. The van der Waals surface area contributed by atoms with Gasteiger partial charge in [0.15, 0.2) is 0 Å². The fourth-order valence-corrected chi connectivity index (χ4v) is 10.8. The third kappa shape index (κ3) is 7.60. The lowest BCUT2D eigenvalue weighted by Gasteiger charge is -2.42. The molecule has 3 heteroatoms. The lowest BCUT2D eigenvalue weighted by atomic mass is 9.73. The zero-order valence-electron chi connectivity index (χ0n) is 39.9. The van der Waals surface area contributed by atoms with Crippen molar-refractivity contribution in [2.45, 2.75) is 19.3 Å². The Labute approximate surface area is 416 Å². The Kier molecular flexibility index (Phi) is 10.8. The van der Waals surface area contributed by atoms with Crippen LogP contribution in [-0.4, -0.2) is 10.3 Å². The van der Waals surface area contributed by atoms with Crippen LogP contribution in [0.2, 0.25) is 0 Å². The summed E-state index contributed by atoms with van der Waals surface area (Å²) in [7, 11) is 0. The van der Waals surface area contributed by atoms with Crippen molar-refractivity contribution >= 4 is 66.6 Å². The van der Waals surface area contributed by atoms with Crippen LogP contribution in [0.3, 0.4) is 0 Å². The Balaban J connectivity index is 1.04. The molecule has 0 amide bonds. The molecule has 0 saturated heterocycles. The Bertz CT molecular complexity index is 3910. The zero-order chi connectivity index (χ0) is 48.1. The fraction of sp³-hybridized carbons (Fsp3) is 0.0441. The van der Waals surface area contributed by atoms with Crippen LogP contribution < -0.4 is 4.90 Å². The van der Waals surface area contributed by atoms with Crippen LogP contribution in [0.1, 0.15) is 41.7 Å². The molecule has 0 radical (unpaired) electrons. The van der Waals surface area contributed by atoms with Crippen molar-refractivity contribution in [2.75, 3.05) is 4.90 Å². The summed E-state index contributed by atoms with van der Waals surface area (Å²) < 4.78 is 2.43. The van der Waals surface area contributed by atoms with Crippen LogP contribution in [0.5, 0.6) is 0 Å². The Morgan fingerprint density at radius 3 is 1.89 bits per heavy atom. The predicted octanol–water partition coefficient (Wildman–Crippen LogP) is 18.1. The van der Waals surface area contributed by atoms with Crippen LogP contribution in [0.15, 0.2) is 267 Å². The van der Waals surface area contributed by atoms with E-state index in [2.05, 4.69) is 255 Å². The topological polar surface area (TPSA) is 20.5 Å². The first-order valence-corrected chi connectivity index (χ1v) is 24.3. The van der Waals surface area contributed by atoms with E-state index < -0.39 is 0 Å². The van der Waals surface area contributed by atoms with Crippen LogP contribution in [0, 0.1) is 0 Å². The number of anilines is 3. The summed E-state index contributed by atoms with van der Waals surface area (Å²) in [5.41, 5.74) is 19.3. The van der Waals surface area contributed by atoms with Gasteiger partial charge in [-0.1, -0.05) is 215 Å². The van der Waals surface area contributed by atoms with Gasteiger partial charge in [-0.25, -0.2) is 4.99 Å². The molecule has 12 rings (SSSR count). The summed E-state index contributed by atoms with van der Waals surface area (Å²) >= 11 is 0. The molecule has 0 bridgehead atoms. The number of aliphatic imine (C=N–C) groups is 1. The maximum atomic E-state index is 5.38. The number of benzene rings is 10. The molecule has 0 fully saturated rings. The highest BCUT2D eigenvalue weighted by Gasteiger charge is 2.37. The number of aromatic nitrogens is 1. The summed E-state index contributed by atoms with van der Waals surface area (Å²) in [4.78, 5) is 7.83. The summed E-state index contributed by atoms with van der Waals surface area (Å²) in [6.07, 6.45) is 3.94. The van der Waals surface area contributed by atoms with Gasteiger partial charge in [-0.3, -0.25) is 0 Å². The van der Waals surface area contributed by atoms with Gasteiger partial charge in [0.25, 0.3) is 0 Å². The molecular formula is C68H51N3. The fourth-order valence-electron chi connectivity index (χ4n) is 10.8. The third-order valence-electron chi connectivity index (χ3n) is 14.3. The first-order chi connectivity index (χ1) is 34.9.